The van der Waals surface area contributed by atoms with Crippen molar-refractivity contribution in [2.75, 3.05) is 6.61 Å². The van der Waals surface area contributed by atoms with Crippen LogP contribution in [0.1, 0.15) is 49.4 Å². The van der Waals surface area contributed by atoms with Gasteiger partial charge in [-0.05, 0) is 48.9 Å². The van der Waals surface area contributed by atoms with Crippen LogP contribution < -0.4 is 9.47 Å². The van der Waals surface area contributed by atoms with E-state index in [2.05, 4.69) is 6.92 Å². The topological polar surface area (TPSA) is 35.5 Å². The highest BCUT2D eigenvalue weighted by Crippen LogP contribution is 2.31. The Hall–Kier alpha value is -2.50. The average Bonchev–Trinajstić information content (AvgIpc) is 2.71. The normalized spacial score (nSPS) is 19.3. The average molecular weight is 392 g/mol. The van der Waals surface area contributed by atoms with E-state index in [1.54, 1.807) is 12.1 Å². The Bertz CT molecular complexity index is 789. The number of benzene rings is 2. The molecule has 0 radical (unpaired) electrons. The number of hydrogen-bond donors (Lipinski definition) is 0. The second kappa shape index (κ2) is 9.13. The van der Waals surface area contributed by atoms with Gasteiger partial charge in [0, 0.05) is 12.1 Å². The van der Waals surface area contributed by atoms with Gasteiger partial charge in [-0.2, -0.15) is 0 Å². The van der Waals surface area contributed by atoms with E-state index in [0.717, 1.165) is 5.92 Å². The predicted molar refractivity (Wildman–Crippen MR) is 99.0 cm³/mol. The van der Waals surface area contributed by atoms with Crippen LogP contribution in [-0.2, 0) is 0 Å². The lowest BCUT2D eigenvalue weighted by Crippen LogP contribution is -2.19. The highest BCUT2D eigenvalue weighted by atomic mass is 19.2. The fourth-order valence-electron chi connectivity index (χ4n) is 3.46. The highest BCUT2D eigenvalue weighted by molar-refractivity contribution is 5.91. The number of halogens is 3. The van der Waals surface area contributed by atoms with Crippen molar-refractivity contribution in [3.05, 3.63) is 59.4 Å². The maximum atomic E-state index is 13.2. The summed E-state index contributed by atoms with van der Waals surface area (Å²) in [6.07, 6.45) is 6.09. The van der Waals surface area contributed by atoms with Crippen molar-refractivity contribution in [2.24, 2.45) is 11.8 Å². The number of carbonyl (C=O) groups is 1. The fraction of sp³-hybridized carbons (Fsp3) is 0.409. The molecule has 0 aromatic heterocycles. The zero-order valence-corrected chi connectivity index (χ0v) is 15.7. The van der Waals surface area contributed by atoms with Gasteiger partial charge in [-0.15, -0.1) is 0 Å². The summed E-state index contributed by atoms with van der Waals surface area (Å²) in [5, 5.41) is 0. The fourth-order valence-corrected chi connectivity index (χ4v) is 3.46. The molecule has 0 spiro atoms. The molecule has 0 unspecified atom stereocenters. The minimum absolute atomic E-state index is 0.195. The first-order valence-corrected chi connectivity index (χ1v) is 9.55. The lowest BCUT2D eigenvalue weighted by molar-refractivity contribution is 0.0733. The number of esters is 1. The van der Waals surface area contributed by atoms with Crippen LogP contribution >= 0.6 is 0 Å². The molecule has 150 valence electrons. The Kier molecular flexibility index (Phi) is 6.60. The smallest absolute Gasteiger partial charge is 0.343 e. The molecule has 0 bridgehead atoms. The van der Waals surface area contributed by atoms with E-state index in [9.17, 15) is 18.0 Å². The van der Waals surface area contributed by atoms with Crippen molar-refractivity contribution >= 4 is 5.97 Å². The molecule has 0 saturated heterocycles. The summed E-state index contributed by atoms with van der Waals surface area (Å²) in [6.45, 7) is 2.88. The van der Waals surface area contributed by atoms with Gasteiger partial charge in [-0.3, -0.25) is 0 Å². The van der Waals surface area contributed by atoms with E-state index in [4.69, 9.17) is 9.47 Å². The number of hydrogen-bond acceptors (Lipinski definition) is 3. The minimum Gasteiger partial charge on any atom is -0.493 e. The highest BCUT2D eigenvalue weighted by Gasteiger charge is 2.20. The molecule has 0 atom stereocenters. The van der Waals surface area contributed by atoms with E-state index >= 15 is 0 Å². The van der Waals surface area contributed by atoms with Crippen LogP contribution in [0.25, 0.3) is 0 Å². The van der Waals surface area contributed by atoms with Gasteiger partial charge in [0.2, 0.25) is 0 Å². The van der Waals surface area contributed by atoms with Gasteiger partial charge in [-0.25, -0.2) is 18.0 Å². The van der Waals surface area contributed by atoms with Crippen molar-refractivity contribution in [2.45, 2.75) is 39.0 Å². The Balaban J connectivity index is 1.53. The maximum Gasteiger partial charge on any atom is 0.343 e. The van der Waals surface area contributed by atoms with Crippen LogP contribution in [0, 0.1) is 29.3 Å². The standard InChI is InChI=1S/C22H23F3O3/c1-2-14-3-5-15(6-4-14)13-27-17-9-7-16(8-10-17)22(26)28-18-11-19(23)21(25)20(24)12-18/h7-12,14-15H,2-6,13H2,1H3. The number of ether oxygens (including phenoxy) is 2. The summed E-state index contributed by atoms with van der Waals surface area (Å²) in [4.78, 5) is 12.1. The second-order valence-corrected chi connectivity index (χ2v) is 7.22. The summed E-state index contributed by atoms with van der Waals surface area (Å²) in [6, 6.07) is 7.59. The first-order chi connectivity index (χ1) is 13.5. The summed E-state index contributed by atoms with van der Waals surface area (Å²) in [7, 11) is 0. The van der Waals surface area contributed by atoms with Crippen LogP contribution in [-0.4, -0.2) is 12.6 Å². The van der Waals surface area contributed by atoms with Gasteiger partial charge in [0.15, 0.2) is 17.5 Å². The molecule has 0 amide bonds. The minimum atomic E-state index is -1.61. The molecule has 1 aliphatic carbocycles. The Morgan fingerprint density at radius 3 is 2.07 bits per heavy atom. The molecule has 0 aliphatic heterocycles. The summed E-state index contributed by atoms with van der Waals surface area (Å²) < 4.78 is 50.1. The van der Waals surface area contributed by atoms with Crippen molar-refractivity contribution < 1.29 is 27.4 Å². The number of carbonyl (C=O) groups excluding carboxylic acids is 1. The largest absolute Gasteiger partial charge is 0.493 e. The third-order valence-electron chi connectivity index (χ3n) is 5.29. The second-order valence-electron chi connectivity index (χ2n) is 7.22. The van der Waals surface area contributed by atoms with Crippen molar-refractivity contribution in [3.63, 3.8) is 0 Å². The lowest BCUT2D eigenvalue weighted by Gasteiger charge is -2.27. The molecule has 2 aromatic carbocycles. The van der Waals surface area contributed by atoms with Gasteiger partial charge in [0.1, 0.15) is 11.5 Å². The molecule has 28 heavy (non-hydrogen) atoms. The van der Waals surface area contributed by atoms with Crippen LogP contribution in [0.3, 0.4) is 0 Å². The van der Waals surface area contributed by atoms with E-state index in [0.29, 0.717) is 30.4 Å². The summed E-state index contributed by atoms with van der Waals surface area (Å²) >= 11 is 0. The molecule has 1 aliphatic rings. The van der Waals surface area contributed by atoms with E-state index in [1.807, 2.05) is 0 Å². The molecule has 3 rings (SSSR count). The molecule has 2 aromatic rings. The molecule has 0 N–H and O–H groups in total. The molecule has 0 heterocycles. The SMILES string of the molecule is CCC1CCC(COc2ccc(C(=O)Oc3cc(F)c(F)c(F)c3)cc2)CC1. The zero-order valence-electron chi connectivity index (χ0n) is 15.7. The Labute approximate surface area is 162 Å². The van der Waals surface area contributed by atoms with Gasteiger partial charge in [0.05, 0.1) is 12.2 Å². The molecule has 1 fully saturated rings. The first kappa shape index (κ1) is 20.2. The lowest BCUT2D eigenvalue weighted by atomic mass is 9.81. The monoisotopic (exact) mass is 392 g/mol. The molecular weight excluding hydrogens is 369 g/mol. The third-order valence-corrected chi connectivity index (χ3v) is 5.29. The van der Waals surface area contributed by atoms with Crippen molar-refractivity contribution in [3.8, 4) is 11.5 Å². The van der Waals surface area contributed by atoms with E-state index in [1.165, 1.54) is 44.2 Å². The zero-order chi connectivity index (χ0) is 20.1. The predicted octanol–water partition coefficient (Wildman–Crippen LogP) is 5.92. The van der Waals surface area contributed by atoms with Crippen molar-refractivity contribution in [1.82, 2.24) is 0 Å². The Morgan fingerprint density at radius 1 is 0.929 bits per heavy atom. The third kappa shape index (κ3) is 5.06. The maximum absolute atomic E-state index is 13.2. The summed E-state index contributed by atoms with van der Waals surface area (Å²) in [5.74, 6) is -3.60. The molecular formula is C22H23F3O3. The van der Waals surface area contributed by atoms with Gasteiger partial charge >= 0.3 is 5.97 Å². The van der Waals surface area contributed by atoms with Gasteiger partial charge in [0.25, 0.3) is 0 Å². The van der Waals surface area contributed by atoms with E-state index in [-0.39, 0.29) is 5.56 Å². The molecule has 1 saturated carbocycles. The van der Waals surface area contributed by atoms with Crippen LogP contribution in [0.4, 0.5) is 13.2 Å². The van der Waals surface area contributed by atoms with Crippen molar-refractivity contribution in [1.29, 1.82) is 0 Å². The quantitative estimate of drug-likeness (QED) is 0.348. The summed E-state index contributed by atoms with van der Waals surface area (Å²) in [5.41, 5.74) is 0.195. The van der Waals surface area contributed by atoms with E-state index < -0.39 is 29.2 Å². The van der Waals surface area contributed by atoms with Crippen LogP contribution in [0.2, 0.25) is 0 Å². The van der Waals surface area contributed by atoms with Gasteiger partial charge < -0.3 is 9.47 Å². The molecule has 3 nitrogen and oxygen atoms in total. The van der Waals surface area contributed by atoms with Crippen LogP contribution in [0.15, 0.2) is 36.4 Å². The Morgan fingerprint density at radius 2 is 1.50 bits per heavy atom. The molecule has 6 heteroatoms. The first-order valence-electron chi connectivity index (χ1n) is 9.55. The van der Waals surface area contributed by atoms with Crippen LogP contribution in [0.5, 0.6) is 11.5 Å². The number of rotatable bonds is 6. The van der Waals surface area contributed by atoms with Gasteiger partial charge in [-0.1, -0.05) is 26.2 Å².